The molecule has 78 valence electrons. The van der Waals surface area contributed by atoms with E-state index in [1.54, 1.807) is 22.6 Å². The number of hydrogen-bond donors (Lipinski definition) is 0. The van der Waals surface area contributed by atoms with Crippen LogP contribution >= 0.6 is 22.6 Å². The van der Waals surface area contributed by atoms with Gasteiger partial charge in [0.25, 0.3) is 0 Å². The summed E-state index contributed by atoms with van der Waals surface area (Å²) in [6.45, 7) is 3.79. The van der Waals surface area contributed by atoms with Gasteiger partial charge < -0.3 is 0 Å². The highest BCUT2D eigenvalue weighted by molar-refractivity contribution is 14.1. The molecule has 1 aromatic rings. The molecule has 0 radical (unpaired) electrons. The van der Waals surface area contributed by atoms with E-state index in [2.05, 4.69) is 4.98 Å². The summed E-state index contributed by atoms with van der Waals surface area (Å²) in [6, 6.07) is 1.48. The Kier molecular flexibility index (Phi) is 3.39. The van der Waals surface area contributed by atoms with Gasteiger partial charge in [-0.3, -0.25) is 4.98 Å². The van der Waals surface area contributed by atoms with Crippen LogP contribution in [0.2, 0.25) is 0 Å². The zero-order valence-corrected chi connectivity index (χ0v) is 9.85. The van der Waals surface area contributed by atoms with Gasteiger partial charge in [-0.25, -0.2) is 0 Å². The second kappa shape index (κ2) is 4.04. The minimum Gasteiger partial charge on any atom is -0.260 e. The van der Waals surface area contributed by atoms with E-state index >= 15 is 0 Å². The monoisotopic (exact) mass is 315 g/mol. The average molecular weight is 315 g/mol. The summed E-state index contributed by atoms with van der Waals surface area (Å²) in [7, 11) is 0. The van der Waals surface area contributed by atoms with Gasteiger partial charge in [0, 0.05) is 15.5 Å². The van der Waals surface area contributed by atoms with Gasteiger partial charge >= 0.3 is 6.18 Å². The van der Waals surface area contributed by atoms with Gasteiger partial charge in [-0.2, -0.15) is 13.2 Å². The number of rotatable bonds is 1. The third-order valence-corrected chi connectivity index (χ3v) is 2.66. The molecule has 1 rings (SSSR count). The summed E-state index contributed by atoms with van der Waals surface area (Å²) in [5.74, 6) is 0.144. The maximum absolute atomic E-state index is 12.3. The van der Waals surface area contributed by atoms with Crippen LogP contribution < -0.4 is 0 Å². The van der Waals surface area contributed by atoms with Crippen LogP contribution in [0.4, 0.5) is 13.2 Å². The Morgan fingerprint density at radius 2 is 1.93 bits per heavy atom. The van der Waals surface area contributed by atoms with Crippen LogP contribution in [-0.2, 0) is 6.18 Å². The predicted octanol–water partition coefficient (Wildman–Crippen LogP) is 3.83. The second-order valence-corrected chi connectivity index (χ2v) is 4.40. The van der Waals surface area contributed by atoms with Crippen molar-refractivity contribution in [3.63, 3.8) is 0 Å². The summed E-state index contributed by atoms with van der Waals surface area (Å²) in [5, 5.41) is 0. The van der Waals surface area contributed by atoms with Crippen molar-refractivity contribution in [1.82, 2.24) is 4.98 Å². The maximum Gasteiger partial charge on any atom is 0.418 e. The SMILES string of the molecule is CC(C)c1cc(I)c(C(F)(F)F)cn1. The minimum atomic E-state index is -4.31. The summed E-state index contributed by atoms with van der Waals surface area (Å²) >= 11 is 1.68. The summed E-state index contributed by atoms with van der Waals surface area (Å²) < 4.78 is 37.2. The van der Waals surface area contributed by atoms with Gasteiger partial charge in [0.15, 0.2) is 0 Å². The topological polar surface area (TPSA) is 12.9 Å². The van der Waals surface area contributed by atoms with Crippen molar-refractivity contribution < 1.29 is 13.2 Å². The molecule has 0 aliphatic carbocycles. The standard InChI is InChI=1S/C9H9F3IN/c1-5(2)8-3-7(13)6(4-14-8)9(10,11)12/h3-5H,1-2H3. The number of pyridine rings is 1. The van der Waals surface area contributed by atoms with Crippen molar-refractivity contribution in [2.75, 3.05) is 0 Å². The van der Waals surface area contributed by atoms with Crippen LogP contribution in [0.5, 0.6) is 0 Å². The van der Waals surface area contributed by atoms with E-state index in [9.17, 15) is 13.2 Å². The largest absolute Gasteiger partial charge is 0.418 e. The molecule has 0 N–H and O–H groups in total. The van der Waals surface area contributed by atoms with E-state index < -0.39 is 11.7 Å². The first-order chi connectivity index (χ1) is 6.32. The number of halogens is 4. The fraction of sp³-hybridized carbons (Fsp3) is 0.444. The fourth-order valence-electron chi connectivity index (χ4n) is 0.970. The minimum absolute atomic E-state index is 0.144. The molecule has 1 nitrogen and oxygen atoms in total. The molecular weight excluding hydrogens is 306 g/mol. The van der Waals surface area contributed by atoms with Crippen LogP contribution in [-0.4, -0.2) is 4.98 Å². The van der Waals surface area contributed by atoms with E-state index in [0.29, 0.717) is 5.69 Å². The quantitative estimate of drug-likeness (QED) is 0.718. The van der Waals surface area contributed by atoms with Crippen molar-refractivity contribution in [3.8, 4) is 0 Å². The molecule has 0 unspecified atom stereocenters. The van der Waals surface area contributed by atoms with Gasteiger partial charge in [-0.15, -0.1) is 0 Å². The molecular formula is C9H9F3IN. The van der Waals surface area contributed by atoms with E-state index in [1.807, 2.05) is 13.8 Å². The summed E-state index contributed by atoms with van der Waals surface area (Å²) in [4.78, 5) is 3.78. The lowest BCUT2D eigenvalue weighted by molar-refractivity contribution is -0.138. The van der Waals surface area contributed by atoms with Crippen molar-refractivity contribution in [1.29, 1.82) is 0 Å². The zero-order valence-electron chi connectivity index (χ0n) is 7.69. The van der Waals surface area contributed by atoms with E-state index in [1.165, 1.54) is 6.07 Å². The highest BCUT2D eigenvalue weighted by atomic mass is 127. The molecule has 1 aromatic heterocycles. The summed E-state index contributed by atoms with van der Waals surface area (Å²) in [5.41, 5.74) is 0.0184. The van der Waals surface area contributed by atoms with Gasteiger partial charge in [-0.05, 0) is 34.6 Å². The lowest BCUT2D eigenvalue weighted by Gasteiger charge is -2.11. The molecule has 14 heavy (non-hydrogen) atoms. The number of alkyl halides is 3. The van der Waals surface area contributed by atoms with Crippen molar-refractivity contribution in [2.24, 2.45) is 0 Å². The molecule has 0 aromatic carbocycles. The lowest BCUT2D eigenvalue weighted by atomic mass is 10.1. The molecule has 0 aliphatic rings. The molecule has 0 fully saturated rings. The third-order valence-electron chi connectivity index (χ3n) is 1.77. The first-order valence-electron chi connectivity index (χ1n) is 4.05. The molecule has 1 heterocycles. The van der Waals surface area contributed by atoms with Crippen LogP contribution in [0.1, 0.15) is 31.0 Å². The van der Waals surface area contributed by atoms with E-state index in [0.717, 1.165) is 6.20 Å². The molecule has 0 saturated carbocycles. The van der Waals surface area contributed by atoms with E-state index in [-0.39, 0.29) is 9.49 Å². The maximum atomic E-state index is 12.3. The molecule has 0 saturated heterocycles. The highest BCUT2D eigenvalue weighted by Gasteiger charge is 2.33. The molecule has 0 aliphatic heterocycles. The Morgan fingerprint density at radius 3 is 2.29 bits per heavy atom. The molecule has 0 spiro atoms. The smallest absolute Gasteiger partial charge is 0.260 e. The normalized spacial score (nSPS) is 12.2. The number of nitrogens with zero attached hydrogens (tertiary/aromatic N) is 1. The molecule has 0 amide bonds. The van der Waals surface area contributed by atoms with Crippen molar-refractivity contribution in [2.45, 2.75) is 25.9 Å². The Hall–Kier alpha value is -0.330. The Bertz CT molecular complexity index is 333. The first-order valence-corrected chi connectivity index (χ1v) is 5.13. The van der Waals surface area contributed by atoms with Gasteiger partial charge in [0.1, 0.15) is 0 Å². The third kappa shape index (κ3) is 2.59. The lowest BCUT2D eigenvalue weighted by Crippen LogP contribution is -2.09. The Morgan fingerprint density at radius 1 is 1.36 bits per heavy atom. The van der Waals surface area contributed by atoms with Gasteiger partial charge in [0.05, 0.1) is 5.56 Å². The van der Waals surface area contributed by atoms with Gasteiger partial charge in [-0.1, -0.05) is 13.8 Å². The second-order valence-electron chi connectivity index (χ2n) is 3.24. The first kappa shape index (κ1) is 11.7. The fourth-order valence-corrected chi connectivity index (χ4v) is 1.73. The molecule has 5 heteroatoms. The Labute approximate surface area is 93.9 Å². The average Bonchev–Trinajstić information content (AvgIpc) is 2.01. The summed E-state index contributed by atoms with van der Waals surface area (Å²) in [6.07, 6.45) is -3.41. The van der Waals surface area contributed by atoms with Crippen LogP contribution in [0, 0.1) is 3.57 Å². The predicted molar refractivity (Wildman–Crippen MR) is 56.0 cm³/mol. The van der Waals surface area contributed by atoms with Crippen LogP contribution in [0.3, 0.4) is 0 Å². The van der Waals surface area contributed by atoms with Crippen LogP contribution in [0.25, 0.3) is 0 Å². The van der Waals surface area contributed by atoms with Crippen molar-refractivity contribution >= 4 is 22.6 Å². The van der Waals surface area contributed by atoms with Crippen LogP contribution in [0.15, 0.2) is 12.3 Å². The van der Waals surface area contributed by atoms with Crippen molar-refractivity contribution in [3.05, 3.63) is 27.1 Å². The number of aromatic nitrogens is 1. The van der Waals surface area contributed by atoms with Gasteiger partial charge in [0.2, 0.25) is 0 Å². The van der Waals surface area contributed by atoms with E-state index in [4.69, 9.17) is 0 Å². The highest BCUT2D eigenvalue weighted by Crippen LogP contribution is 2.33. The Balaban J connectivity index is 3.15. The number of hydrogen-bond acceptors (Lipinski definition) is 1. The molecule has 0 bridgehead atoms. The zero-order chi connectivity index (χ0) is 10.9. The molecule has 0 atom stereocenters.